The van der Waals surface area contributed by atoms with Crippen molar-refractivity contribution in [2.45, 2.75) is 50.2 Å². The van der Waals surface area contributed by atoms with Gasteiger partial charge in [-0.05, 0) is 43.7 Å². The number of nitrogens with zero attached hydrogens (tertiary/aromatic N) is 2. The molecule has 0 radical (unpaired) electrons. The molecule has 22 heavy (non-hydrogen) atoms. The number of likely N-dealkylation sites (tertiary alicyclic amines) is 1. The van der Waals surface area contributed by atoms with Crippen LogP contribution in [0.4, 0.5) is 0 Å². The first kappa shape index (κ1) is 14.5. The third-order valence-corrected chi connectivity index (χ3v) is 5.62. The average molecular weight is 302 g/mol. The molecule has 2 aliphatic heterocycles. The lowest BCUT2D eigenvalue weighted by Crippen LogP contribution is -2.46. The molecule has 0 unspecified atom stereocenters. The molecule has 4 heteroatoms. The van der Waals surface area contributed by atoms with E-state index in [1.54, 1.807) is 12.4 Å². The molecular weight excluding hydrogens is 276 g/mol. The Kier molecular flexibility index (Phi) is 4.05. The monoisotopic (exact) mass is 302 g/mol. The quantitative estimate of drug-likeness (QED) is 0.856. The van der Waals surface area contributed by atoms with Gasteiger partial charge in [0.2, 0.25) is 0 Å². The van der Waals surface area contributed by atoms with Crippen LogP contribution in [0.3, 0.4) is 0 Å². The van der Waals surface area contributed by atoms with E-state index in [0.717, 1.165) is 37.5 Å². The Morgan fingerprint density at radius 1 is 1.32 bits per heavy atom. The maximum atomic E-state index is 6.19. The van der Waals surface area contributed by atoms with Gasteiger partial charge in [0.1, 0.15) is 11.9 Å². The van der Waals surface area contributed by atoms with E-state index in [-0.39, 0.29) is 11.7 Å². The first-order valence-corrected chi connectivity index (χ1v) is 8.74. The number of aromatic nitrogens is 1. The zero-order chi connectivity index (χ0) is 14.8. The first-order chi connectivity index (χ1) is 10.8. The number of ether oxygens (including phenoxy) is 2. The minimum Gasteiger partial charge on any atom is -0.486 e. The van der Waals surface area contributed by atoms with E-state index in [2.05, 4.69) is 9.88 Å². The third kappa shape index (κ3) is 3.13. The molecule has 120 valence electrons. The van der Waals surface area contributed by atoms with Crippen molar-refractivity contribution in [3.05, 3.63) is 24.5 Å². The molecule has 1 atom stereocenters. The van der Waals surface area contributed by atoms with Gasteiger partial charge in [0.15, 0.2) is 0 Å². The second-order valence-corrected chi connectivity index (χ2v) is 7.22. The zero-order valence-corrected chi connectivity index (χ0v) is 13.2. The van der Waals surface area contributed by atoms with E-state index in [4.69, 9.17) is 9.47 Å². The fourth-order valence-electron chi connectivity index (χ4n) is 4.02. The van der Waals surface area contributed by atoms with Gasteiger partial charge >= 0.3 is 0 Å². The van der Waals surface area contributed by atoms with Crippen LogP contribution in [0.25, 0.3) is 0 Å². The molecule has 1 aromatic heterocycles. The molecule has 0 aromatic carbocycles. The highest BCUT2D eigenvalue weighted by Gasteiger charge is 2.43. The Morgan fingerprint density at radius 3 is 2.86 bits per heavy atom. The van der Waals surface area contributed by atoms with Gasteiger partial charge in [-0.3, -0.25) is 4.98 Å². The van der Waals surface area contributed by atoms with E-state index >= 15 is 0 Å². The van der Waals surface area contributed by atoms with Crippen molar-refractivity contribution in [1.29, 1.82) is 0 Å². The van der Waals surface area contributed by atoms with Crippen LogP contribution in [-0.4, -0.2) is 47.8 Å². The Hall–Kier alpha value is -1.13. The highest BCUT2D eigenvalue weighted by Crippen LogP contribution is 2.38. The van der Waals surface area contributed by atoms with Gasteiger partial charge in [-0.1, -0.05) is 6.42 Å². The summed E-state index contributed by atoms with van der Waals surface area (Å²) in [7, 11) is 0. The van der Waals surface area contributed by atoms with Crippen LogP contribution in [0, 0.1) is 5.92 Å². The minimum absolute atomic E-state index is 0.0724. The molecule has 0 bridgehead atoms. The summed E-state index contributed by atoms with van der Waals surface area (Å²) in [5, 5.41) is 0. The summed E-state index contributed by atoms with van der Waals surface area (Å²) in [6.07, 6.45) is 11.4. The Balaban J connectivity index is 1.27. The minimum atomic E-state index is 0.0724. The largest absolute Gasteiger partial charge is 0.486 e. The first-order valence-electron chi connectivity index (χ1n) is 8.74. The zero-order valence-electron chi connectivity index (χ0n) is 13.2. The van der Waals surface area contributed by atoms with E-state index in [9.17, 15) is 0 Å². The number of piperidine rings is 1. The lowest BCUT2D eigenvalue weighted by atomic mass is 9.83. The summed E-state index contributed by atoms with van der Waals surface area (Å²) in [5.41, 5.74) is 0.0724. The molecule has 1 spiro atoms. The fraction of sp³-hybridized carbons (Fsp3) is 0.722. The normalized spacial score (nSPS) is 28.6. The summed E-state index contributed by atoms with van der Waals surface area (Å²) >= 11 is 0. The van der Waals surface area contributed by atoms with Crippen LogP contribution in [0.1, 0.15) is 38.5 Å². The van der Waals surface area contributed by atoms with Gasteiger partial charge < -0.3 is 14.4 Å². The molecule has 4 rings (SSSR count). The maximum absolute atomic E-state index is 6.19. The highest BCUT2D eigenvalue weighted by atomic mass is 16.6. The maximum Gasteiger partial charge on any atom is 0.138 e. The van der Waals surface area contributed by atoms with Crippen LogP contribution < -0.4 is 4.74 Å². The van der Waals surface area contributed by atoms with Crippen molar-refractivity contribution < 1.29 is 9.47 Å². The Morgan fingerprint density at radius 2 is 2.18 bits per heavy atom. The molecule has 1 aromatic rings. The van der Waals surface area contributed by atoms with Crippen molar-refractivity contribution in [2.24, 2.45) is 5.92 Å². The third-order valence-electron chi connectivity index (χ3n) is 5.62. The van der Waals surface area contributed by atoms with Crippen molar-refractivity contribution in [3.63, 3.8) is 0 Å². The van der Waals surface area contributed by atoms with Crippen molar-refractivity contribution in [3.8, 4) is 5.75 Å². The second-order valence-electron chi connectivity index (χ2n) is 7.22. The highest BCUT2D eigenvalue weighted by molar-refractivity contribution is 5.16. The summed E-state index contributed by atoms with van der Waals surface area (Å²) in [6, 6.07) is 3.89. The summed E-state index contributed by atoms with van der Waals surface area (Å²) in [5.74, 6) is 1.83. The van der Waals surface area contributed by atoms with Crippen LogP contribution in [0.15, 0.2) is 24.5 Å². The molecule has 3 fully saturated rings. The molecular formula is C18H26N2O2. The molecule has 3 aliphatic rings. The van der Waals surface area contributed by atoms with E-state index in [1.807, 2.05) is 12.1 Å². The topological polar surface area (TPSA) is 34.6 Å². The van der Waals surface area contributed by atoms with Gasteiger partial charge in [0.05, 0.1) is 18.4 Å². The lowest BCUT2D eigenvalue weighted by molar-refractivity contribution is -0.0478. The van der Waals surface area contributed by atoms with Crippen molar-refractivity contribution in [1.82, 2.24) is 9.88 Å². The predicted molar refractivity (Wildman–Crippen MR) is 85.0 cm³/mol. The fourth-order valence-corrected chi connectivity index (χ4v) is 4.02. The van der Waals surface area contributed by atoms with Crippen molar-refractivity contribution in [2.75, 3.05) is 26.2 Å². The number of rotatable bonds is 4. The molecule has 2 saturated heterocycles. The molecule has 0 amide bonds. The van der Waals surface area contributed by atoms with Gasteiger partial charge in [-0.15, -0.1) is 0 Å². The standard InChI is InChI=1S/C18H26N2O2/c1-3-15(4-1)13-20-9-6-18(7-10-20)11-17(14-21-18)22-16-5-2-8-19-12-16/h2,5,8,12,15,17H,1,3-4,6-7,9-11,13-14H2/t17-/m0/s1. The van der Waals surface area contributed by atoms with E-state index in [1.165, 1.54) is 38.9 Å². The molecule has 1 saturated carbocycles. The predicted octanol–water partition coefficient (Wildman–Crippen LogP) is 2.88. The van der Waals surface area contributed by atoms with Crippen molar-refractivity contribution >= 4 is 0 Å². The number of pyridine rings is 1. The smallest absolute Gasteiger partial charge is 0.138 e. The lowest BCUT2D eigenvalue weighted by Gasteiger charge is -2.41. The summed E-state index contributed by atoms with van der Waals surface area (Å²) in [4.78, 5) is 6.76. The molecule has 4 nitrogen and oxygen atoms in total. The molecule has 1 aliphatic carbocycles. The van der Waals surface area contributed by atoms with E-state index in [0.29, 0.717) is 0 Å². The van der Waals surface area contributed by atoms with Crippen LogP contribution in [0.5, 0.6) is 5.75 Å². The summed E-state index contributed by atoms with van der Waals surface area (Å²) in [6.45, 7) is 4.41. The Bertz CT molecular complexity index is 481. The SMILES string of the molecule is c1cncc(O[C@@H]2COC3(CCN(CC4CCC4)CC3)C2)c1. The van der Waals surface area contributed by atoms with Crippen LogP contribution in [-0.2, 0) is 4.74 Å². The number of hydrogen-bond acceptors (Lipinski definition) is 4. The van der Waals surface area contributed by atoms with Gasteiger partial charge in [0.25, 0.3) is 0 Å². The second kappa shape index (κ2) is 6.17. The number of hydrogen-bond donors (Lipinski definition) is 0. The van der Waals surface area contributed by atoms with Crippen LogP contribution in [0.2, 0.25) is 0 Å². The van der Waals surface area contributed by atoms with Gasteiger partial charge in [-0.2, -0.15) is 0 Å². The van der Waals surface area contributed by atoms with E-state index < -0.39 is 0 Å². The van der Waals surface area contributed by atoms with Gasteiger partial charge in [0, 0.05) is 32.3 Å². The van der Waals surface area contributed by atoms with Gasteiger partial charge in [-0.25, -0.2) is 0 Å². The molecule has 3 heterocycles. The summed E-state index contributed by atoms with van der Waals surface area (Å²) < 4.78 is 12.2. The Labute approximate surface area is 132 Å². The van der Waals surface area contributed by atoms with Crippen LogP contribution >= 0.6 is 0 Å². The average Bonchev–Trinajstić information content (AvgIpc) is 2.89. The molecule has 0 N–H and O–H groups in total.